The Bertz CT molecular complexity index is 934. The van der Waals surface area contributed by atoms with Crippen LogP contribution in [0.1, 0.15) is 23.5 Å². The molecule has 1 saturated heterocycles. The van der Waals surface area contributed by atoms with E-state index >= 15 is 0 Å². The lowest BCUT2D eigenvalue weighted by molar-refractivity contribution is -0.152. The molecule has 3 atom stereocenters. The second kappa shape index (κ2) is 7.92. The van der Waals surface area contributed by atoms with Gasteiger partial charge in [0.25, 0.3) is 0 Å². The molecule has 2 aliphatic heterocycles. The lowest BCUT2D eigenvalue weighted by atomic mass is 9.71. The Morgan fingerprint density at radius 1 is 1.20 bits per heavy atom. The van der Waals surface area contributed by atoms with Crippen LogP contribution < -0.4 is 9.64 Å². The van der Waals surface area contributed by atoms with Crippen LogP contribution in [0.15, 0.2) is 48.5 Å². The van der Waals surface area contributed by atoms with Gasteiger partial charge >= 0.3 is 6.18 Å². The van der Waals surface area contributed by atoms with E-state index in [1.54, 1.807) is 19.2 Å². The number of likely N-dealkylation sites (tertiary alicyclic amines) is 1. The Labute approximate surface area is 172 Å². The van der Waals surface area contributed by atoms with Crippen LogP contribution in [0, 0.1) is 0 Å². The van der Waals surface area contributed by atoms with Crippen molar-refractivity contribution in [3.63, 3.8) is 0 Å². The van der Waals surface area contributed by atoms with Gasteiger partial charge in [0, 0.05) is 36.8 Å². The van der Waals surface area contributed by atoms with Crippen LogP contribution in [-0.2, 0) is 11.3 Å². The molecule has 2 aromatic carbocycles. The molecule has 0 spiro atoms. The largest absolute Gasteiger partial charge is 0.497 e. The number of anilines is 1. The summed E-state index contributed by atoms with van der Waals surface area (Å²) in [4.78, 5) is 15.8. The number of aliphatic hydroxyl groups excluding tert-OH is 1. The Hall–Kier alpha value is -2.58. The van der Waals surface area contributed by atoms with Crippen molar-refractivity contribution in [2.24, 2.45) is 0 Å². The highest BCUT2D eigenvalue weighted by Crippen LogP contribution is 2.49. The number of benzene rings is 2. The number of hydrogen-bond donors (Lipinski definition) is 1. The third-order valence-electron chi connectivity index (χ3n) is 5.98. The smallest absolute Gasteiger partial charge is 0.397 e. The zero-order chi connectivity index (χ0) is 21.5. The van der Waals surface area contributed by atoms with E-state index in [1.165, 1.54) is 4.90 Å². The van der Waals surface area contributed by atoms with E-state index in [1.807, 2.05) is 36.4 Å². The van der Waals surface area contributed by atoms with Crippen molar-refractivity contribution in [2.45, 2.75) is 37.1 Å². The number of hydrogen-bond acceptors (Lipinski definition) is 4. The predicted octanol–water partition coefficient (Wildman–Crippen LogP) is 3.32. The van der Waals surface area contributed by atoms with Crippen molar-refractivity contribution in [3.8, 4) is 5.75 Å². The van der Waals surface area contributed by atoms with Gasteiger partial charge in [-0.1, -0.05) is 30.3 Å². The summed E-state index contributed by atoms with van der Waals surface area (Å²) < 4.78 is 43.9. The Morgan fingerprint density at radius 2 is 1.97 bits per heavy atom. The van der Waals surface area contributed by atoms with Crippen molar-refractivity contribution in [2.75, 3.05) is 25.2 Å². The van der Waals surface area contributed by atoms with Crippen LogP contribution in [-0.4, -0.2) is 54.4 Å². The third-order valence-corrected chi connectivity index (χ3v) is 5.98. The standard InChI is InChI=1S/C22H23F3N2O3/c1-30-15-6-4-5-14(9-15)11-26-18-12-27(20(29)10-22(23,24)25)17-8-3-2-7-16(17)21(18)19(26)13-28/h2-9,18-19,21,28H,10-13H2,1H3/t18-,19-,21+/m1/s1. The highest BCUT2D eigenvalue weighted by Gasteiger charge is 2.53. The summed E-state index contributed by atoms with van der Waals surface area (Å²) in [6.07, 6.45) is -6.05. The third kappa shape index (κ3) is 3.77. The Balaban J connectivity index is 1.63. The fourth-order valence-electron chi connectivity index (χ4n) is 4.68. The van der Waals surface area contributed by atoms with Crippen LogP contribution in [0.4, 0.5) is 18.9 Å². The van der Waals surface area contributed by atoms with E-state index < -0.39 is 18.5 Å². The summed E-state index contributed by atoms with van der Waals surface area (Å²) in [5, 5.41) is 10.0. The first kappa shape index (κ1) is 20.7. The van der Waals surface area contributed by atoms with Gasteiger partial charge in [-0.15, -0.1) is 0 Å². The average molecular weight is 420 g/mol. The number of fused-ring (bicyclic) bond motifs is 3. The number of amides is 1. The molecule has 5 nitrogen and oxygen atoms in total. The summed E-state index contributed by atoms with van der Waals surface area (Å²) in [5.74, 6) is -0.282. The number of alkyl halides is 3. The monoisotopic (exact) mass is 420 g/mol. The first-order valence-electron chi connectivity index (χ1n) is 9.78. The van der Waals surface area contributed by atoms with Gasteiger partial charge in [0.1, 0.15) is 12.2 Å². The lowest BCUT2D eigenvalue weighted by Gasteiger charge is -2.59. The molecule has 0 saturated carbocycles. The van der Waals surface area contributed by atoms with Crippen molar-refractivity contribution >= 4 is 11.6 Å². The molecule has 0 bridgehead atoms. The molecule has 160 valence electrons. The summed E-state index contributed by atoms with van der Waals surface area (Å²) in [5.41, 5.74) is 2.29. The fraction of sp³-hybridized carbons (Fsp3) is 0.409. The van der Waals surface area contributed by atoms with Crippen molar-refractivity contribution in [1.29, 1.82) is 0 Å². The normalized spacial score (nSPS) is 23.4. The van der Waals surface area contributed by atoms with Gasteiger partial charge in [-0.25, -0.2) is 0 Å². The van der Waals surface area contributed by atoms with Gasteiger partial charge in [-0.3, -0.25) is 9.69 Å². The molecule has 30 heavy (non-hydrogen) atoms. The molecule has 0 aromatic heterocycles. The first-order valence-corrected chi connectivity index (χ1v) is 9.78. The molecular weight excluding hydrogens is 397 g/mol. The van der Waals surface area contributed by atoms with Crippen molar-refractivity contribution in [3.05, 3.63) is 59.7 Å². The highest BCUT2D eigenvalue weighted by molar-refractivity contribution is 5.95. The molecule has 1 N–H and O–H groups in total. The van der Waals surface area contributed by atoms with Crippen molar-refractivity contribution < 1.29 is 27.8 Å². The summed E-state index contributed by atoms with van der Waals surface area (Å²) >= 11 is 0. The summed E-state index contributed by atoms with van der Waals surface area (Å²) in [6, 6.07) is 14.3. The van der Waals surface area contributed by atoms with Gasteiger partial charge in [0.15, 0.2) is 0 Å². The predicted molar refractivity (Wildman–Crippen MR) is 105 cm³/mol. The van der Waals surface area contributed by atoms with Crippen LogP contribution in [0.2, 0.25) is 0 Å². The van der Waals surface area contributed by atoms with E-state index in [0.717, 1.165) is 11.1 Å². The van der Waals surface area contributed by atoms with Gasteiger partial charge in [0.05, 0.1) is 13.7 Å². The Morgan fingerprint density at radius 3 is 2.67 bits per heavy atom. The van der Waals surface area contributed by atoms with E-state index in [9.17, 15) is 23.1 Å². The SMILES string of the molecule is COc1cccc(CN2[C@H](CO)[C@H]3c4ccccc4N(C(=O)CC(F)(F)F)C[C@H]32)c1. The van der Waals surface area contributed by atoms with E-state index in [0.29, 0.717) is 18.0 Å². The van der Waals surface area contributed by atoms with Crippen LogP contribution in [0.25, 0.3) is 0 Å². The van der Waals surface area contributed by atoms with Crippen LogP contribution in [0.3, 0.4) is 0 Å². The molecular formula is C22H23F3N2O3. The second-order valence-electron chi connectivity index (χ2n) is 7.72. The molecule has 2 heterocycles. The zero-order valence-corrected chi connectivity index (χ0v) is 16.5. The van der Waals surface area contributed by atoms with E-state index in [4.69, 9.17) is 4.74 Å². The van der Waals surface area contributed by atoms with E-state index in [-0.39, 0.29) is 31.2 Å². The quantitative estimate of drug-likeness (QED) is 0.807. The minimum absolute atomic E-state index is 0.0354. The molecule has 8 heteroatoms. The van der Waals surface area contributed by atoms with Gasteiger partial charge in [-0.05, 0) is 29.3 Å². The number of carbonyl (C=O) groups is 1. The van der Waals surface area contributed by atoms with Gasteiger partial charge in [-0.2, -0.15) is 13.2 Å². The van der Waals surface area contributed by atoms with Crippen LogP contribution >= 0.6 is 0 Å². The van der Waals surface area contributed by atoms with Crippen LogP contribution in [0.5, 0.6) is 5.75 Å². The highest BCUT2D eigenvalue weighted by atomic mass is 19.4. The average Bonchev–Trinajstić information content (AvgIpc) is 2.70. The maximum atomic E-state index is 12.9. The molecule has 2 aromatic rings. The second-order valence-corrected chi connectivity index (χ2v) is 7.72. The van der Waals surface area contributed by atoms with Gasteiger partial charge in [0.2, 0.25) is 5.91 Å². The number of rotatable bonds is 5. The molecule has 2 aliphatic rings. The molecule has 0 aliphatic carbocycles. The number of ether oxygens (including phenoxy) is 1. The van der Waals surface area contributed by atoms with Gasteiger partial charge < -0.3 is 14.7 Å². The maximum absolute atomic E-state index is 12.9. The molecule has 1 fully saturated rings. The Kier molecular flexibility index (Phi) is 5.46. The summed E-state index contributed by atoms with van der Waals surface area (Å²) in [6.45, 7) is 0.597. The minimum atomic E-state index is -4.56. The number of nitrogens with zero attached hydrogens (tertiary/aromatic N) is 2. The molecule has 0 unspecified atom stereocenters. The minimum Gasteiger partial charge on any atom is -0.497 e. The molecule has 4 rings (SSSR count). The van der Waals surface area contributed by atoms with E-state index in [2.05, 4.69) is 4.90 Å². The lowest BCUT2D eigenvalue weighted by Crippen LogP contribution is -2.68. The number of halogens is 3. The first-order chi connectivity index (χ1) is 14.3. The maximum Gasteiger partial charge on any atom is 0.397 e. The summed E-state index contributed by atoms with van der Waals surface area (Å²) in [7, 11) is 1.58. The fourth-order valence-corrected chi connectivity index (χ4v) is 4.68. The zero-order valence-electron chi connectivity index (χ0n) is 16.5. The van der Waals surface area contributed by atoms with Crippen molar-refractivity contribution in [1.82, 2.24) is 4.90 Å². The number of carbonyl (C=O) groups excluding carboxylic acids is 1. The molecule has 0 radical (unpaired) electrons. The number of aliphatic hydroxyl groups is 1. The number of methoxy groups -OCH3 is 1. The number of para-hydroxylation sites is 1. The topological polar surface area (TPSA) is 53.0 Å². The molecule has 1 amide bonds.